The van der Waals surface area contributed by atoms with Gasteiger partial charge in [0.15, 0.2) is 0 Å². The first kappa shape index (κ1) is 47.3. The van der Waals surface area contributed by atoms with Crippen molar-refractivity contribution in [2.45, 2.75) is 199 Å². The van der Waals surface area contributed by atoms with E-state index in [9.17, 15) is 19.4 Å². The van der Waals surface area contributed by atoms with Crippen LogP contribution in [0.1, 0.15) is 187 Å². The Morgan fingerprint density at radius 2 is 1.12 bits per heavy atom. The molecule has 0 aromatic rings. The zero-order chi connectivity index (χ0) is 35.8. The number of nitrogens with zero attached hydrogens (tertiary/aromatic N) is 1. The first-order valence-corrected chi connectivity index (χ1v) is 22.2. The van der Waals surface area contributed by atoms with Crippen LogP contribution in [0.5, 0.6) is 0 Å². The third-order valence-electron chi connectivity index (χ3n) is 9.35. The predicted molar refractivity (Wildman–Crippen MR) is 207 cm³/mol. The van der Waals surface area contributed by atoms with E-state index in [0.717, 1.165) is 32.1 Å². The number of likely N-dealkylation sites (N-methyl/N-ethyl adjacent to an activating group) is 1. The summed E-state index contributed by atoms with van der Waals surface area (Å²) in [5.41, 5.74) is 0. The maximum Gasteiger partial charge on any atom is 0.328 e. The second-order valence-corrected chi connectivity index (χ2v) is 17.4. The molecule has 7 nitrogen and oxygen atoms in total. The highest BCUT2D eigenvalue weighted by atomic mass is 31.2. The second-order valence-electron chi connectivity index (χ2n) is 15.4. The summed E-state index contributed by atoms with van der Waals surface area (Å²) in [6.45, 7) is 5.33. The van der Waals surface area contributed by atoms with E-state index in [1.165, 1.54) is 128 Å². The lowest BCUT2D eigenvalue weighted by molar-refractivity contribution is -0.870. The number of hydrogen-bond donors (Lipinski definition) is 3. The third-order valence-corrected chi connectivity index (χ3v) is 10.8. The summed E-state index contributed by atoms with van der Waals surface area (Å²) in [7, 11) is 2.20. The van der Waals surface area contributed by atoms with E-state index in [4.69, 9.17) is 4.52 Å². The average molecular weight is 702 g/mol. The molecular weight excluding hydrogens is 619 g/mol. The molecule has 0 aromatic carbocycles. The van der Waals surface area contributed by atoms with E-state index in [0.29, 0.717) is 17.4 Å². The van der Waals surface area contributed by atoms with Crippen LogP contribution in [-0.2, 0) is 13.9 Å². The summed E-state index contributed by atoms with van der Waals surface area (Å²) in [5, 5.41) is 14.0. The van der Waals surface area contributed by atoms with Crippen molar-refractivity contribution in [3.05, 3.63) is 12.2 Å². The van der Waals surface area contributed by atoms with Gasteiger partial charge in [0.1, 0.15) is 13.2 Å². The molecule has 0 rings (SSSR count). The van der Waals surface area contributed by atoms with Gasteiger partial charge in [-0.2, -0.15) is 0 Å². The minimum Gasteiger partial charge on any atom is -0.387 e. The Labute approximate surface area is 298 Å². The predicted octanol–water partition coefficient (Wildman–Crippen LogP) is 10.9. The first-order chi connectivity index (χ1) is 23.0. The number of carbonyl (C=O) groups is 1. The Balaban J connectivity index is 4.50. The molecule has 0 aliphatic heterocycles. The van der Waals surface area contributed by atoms with Crippen molar-refractivity contribution in [2.24, 2.45) is 0 Å². The van der Waals surface area contributed by atoms with Crippen molar-refractivity contribution in [3.8, 4) is 0 Å². The van der Waals surface area contributed by atoms with E-state index < -0.39 is 19.7 Å². The first-order valence-electron chi connectivity index (χ1n) is 20.4. The Bertz CT molecular complexity index is 801. The number of quaternary nitrogens is 1. The molecule has 3 N–H and O–H groups in total. The maximum absolute atomic E-state index is 12.8. The van der Waals surface area contributed by atoms with Gasteiger partial charge in [-0.05, 0) is 25.7 Å². The molecule has 0 aliphatic rings. The van der Waals surface area contributed by atoms with Crippen LogP contribution in [0.15, 0.2) is 12.2 Å². The van der Waals surface area contributed by atoms with Gasteiger partial charge in [-0.1, -0.05) is 167 Å². The zero-order valence-corrected chi connectivity index (χ0v) is 33.4. The molecule has 1 amide bonds. The third kappa shape index (κ3) is 33.8. The standard InChI is InChI=1S/C40H81N2O5P/c1-6-8-10-12-14-16-18-20-22-24-26-28-30-32-39(43)38(34-37-48(45,46)47-36-35-42(3,4)5)41-40(44)33-31-29-27-25-23-21-19-17-15-13-11-9-7-2/h30,32,38-39,43H,6-29,31,33-37H2,1-5H3,(H-,41,44,45,46)/p+1/b32-30+/t38-,39+/m0/s1. The number of aliphatic hydroxyl groups excluding tert-OH is 1. The maximum atomic E-state index is 12.8. The molecule has 0 fully saturated rings. The Hall–Kier alpha value is -0.720. The van der Waals surface area contributed by atoms with Crippen LogP contribution >= 0.6 is 7.60 Å². The molecule has 0 heterocycles. The lowest BCUT2D eigenvalue weighted by Gasteiger charge is -2.25. The quantitative estimate of drug-likeness (QED) is 0.0262. The molecular formula is C40H82N2O5P+. The Morgan fingerprint density at radius 3 is 1.56 bits per heavy atom. The number of allylic oxidation sites excluding steroid dienone is 1. The van der Waals surface area contributed by atoms with Gasteiger partial charge in [0.25, 0.3) is 0 Å². The fourth-order valence-corrected chi connectivity index (χ4v) is 7.13. The molecule has 3 atom stereocenters. The largest absolute Gasteiger partial charge is 0.387 e. The minimum atomic E-state index is -3.82. The number of amides is 1. The summed E-state index contributed by atoms with van der Waals surface area (Å²) in [6, 6.07) is -0.615. The van der Waals surface area contributed by atoms with Gasteiger partial charge in [-0.25, -0.2) is 0 Å². The fraction of sp³-hybridized carbons (Fsp3) is 0.925. The number of carbonyl (C=O) groups excluding carboxylic acids is 1. The van der Waals surface area contributed by atoms with Crippen LogP contribution < -0.4 is 5.32 Å². The zero-order valence-electron chi connectivity index (χ0n) is 32.5. The Kier molecular flexibility index (Phi) is 31.7. The van der Waals surface area contributed by atoms with Gasteiger partial charge >= 0.3 is 7.60 Å². The number of rotatable bonds is 36. The molecule has 0 bridgehead atoms. The number of nitrogens with one attached hydrogen (secondary N) is 1. The van der Waals surface area contributed by atoms with Gasteiger partial charge in [0.2, 0.25) is 5.91 Å². The number of unbranched alkanes of at least 4 members (excludes halogenated alkanes) is 23. The minimum absolute atomic E-state index is 0.0976. The Morgan fingerprint density at radius 1 is 0.708 bits per heavy atom. The van der Waals surface area contributed by atoms with Crippen molar-refractivity contribution in [1.29, 1.82) is 0 Å². The van der Waals surface area contributed by atoms with Crippen LogP contribution in [0.25, 0.3) is 0 Å². The summed E-state index contributed by atoms with van der Waals surface area (Å²) in [5.74, 6) is -0.0976. The van der Waals surface area contributed by atoms with Crippen LogP contribution in [-0.4, -0.2) is 73.0 Å². The van der Waals surface area contributed by atoms with Crippen LogP contribution in [0, 0.1) is 0 Å². The highest BCUT2D eigenvalue weighted by Gasteiger charge is 2.26. The summed E-state index contributed by atoms with van der Waals surface area (Å²) in [4.78, 5) is 23.3. The second kappa shape index (κ2) is 32.2. The summed E-state index contributed by atoms with van der Waals surface area (Å²) >= 11 is 0. The van der Waals surface area contributed by atoms with Crippen molar-refractivity contribution in [1.82, 2.24) is 5.32 Å². The summed E-state index contributed by atoms with van der Waals surface area (Å²) in [6.07, 6.45) is 34.9. The highest BCUT2D eigenvalue weighted by Crippen LogP contribution is 2.42. The molecule has 8 heteroatoms. The van der Waals surface area contributed by atoms with Crippen molar-refractivity contribution >= 4 is 13.5 Å². The molecule has 0 saturated heterocycles. The van der Waals surface area contributed by atoms with Crippen LogP contribution in [0.2, 0.25) is 0 Å². The average Bonchev–Trinajstić information content (AvgIpc) is 3.02. The van der Waals surface area contributed by atoms with Gasteiger partial charge < -0.3 is 24.3 Å². The summed E-state index contributed by atoms with van der Waals surface area (Å²) < 4.78 is 18.7. The molecule has 0 aliphatic carbocycles. The monoisotopic (exact) mass is 702 g/mol. The smallest absolute Gasteiger partial charge is 0.328 e. The molecule has 0 spiro atoms. The molecule has 286 valence electrons. The van der Waals surface area contributed by atoms with Gasteiger partial charge in [0.05, 0.1) is 39.5 Å². The van der Waals surface area contributed by atoms with E-state index >= 15 is 0 Å². The van der Waals surface area contributed by atoms with Gasteiger partial charge in [-0.15, -0.1) is 0 Å². The van der Waals surface area contributed by atoms with Gasteiger partial charge in [0, 0.05) is 6.42 Å². The highest BCUT2D eigenvalue weighted by molar-refractivity contribution is 7.52. The van der Waals surface area contributed by atoms with Gasteiger partial charge in [-0.3, -0.25) is 9.36 Å². The molecule has 48 heavy (non-hydrogen) atoms. The van der Waals surface area contributed by atoms with Crippen molar-refractivity contribution in [2.75, 3.05) is 40.5 Å². The van der Waals surface area contributed by atoms with E-state index in [2.05, 4.69) is 19.2 Å². The molecule has 0 aromatic heterocycles. The van der Waals surface area contributed by atoms with E-state index in [1.807, 2.05) is 27.2 Å². The lowest BCUT2D eigenvalue weighted by Crippen LogP contribution is -2.43. The van der Waals surface area contributed by atoms with E-state index in [-0.39, 0.29) is 25.1 Å². The van der Waals surface area contributed by atoms with E-state index in [1.54, 1.807) is 6.08 Å². The van der Waals surface area contributed by atoms with Crippen LogP contribution in [0.3, 0.4) is 0 Å². The molecule has 0 saturated carbocycles. The van der Waals surface area contributed by atoms with Crippen LogP contribution in [0.4, 0.5) is 0 Å². The number of aliphatic hydroxyl groups is 1. The van der Waals surface area contributed by atoms with Crippen molar-refractivity contribution in [3.63, 3.8) is 0 Å². The topological polar surface area (TPSA) is 95.9 Å². The fourth-order valence-electron chi connectivity index (χ4n) is 6.03. The van der Waals surface area contributed by atoms with Crippen molar-refractivity contribution < 1.29 is 28.4 Å². The lowest BCUT2D eigenvalue weighted by atomic mass is 10.0. The number of hydrogen-bond acceptors (Lipinski definition) is 4. The molecule has 1 unspecified atom stereocenters. The normalized spacial score (nSPS) is 14.7. The SMILES string of the molecule is CCCCCCCCCCCCC/C=C/[C@@H](O)[C@H](CCP(=O)(O)OCC[N+](C)(C)C)NC(=O)CCCCCCCCCCCCCCC. The molecule has 0 radical (unpaired) electrons.